The van der Waals surface area contributed by atoms with E-state index in [0.717, 1.165) is 23.5 Å². The molecule has 130 valence electrons. The van der Waals surface area contributed by atoms with E-state index in [9.17, 15) is 8.76 Å². The van der Waals surface area contributed by atoms with Crippen LogP contribution >= 0.6 is 0 Å². The van der Waals surface area contributed by atoms with Crippen molar-refractivity contribution in [1.29, 1.82) is 5.26 Å². The molecule has 1 atom stereocenters. The van der Waals surface area contributed by atoms with E-state index in [2.05, 4.69) is 12.1 Å². The Hall–Kier alpha value is -2.16. The van der Waals surface area contributed by atoms with Crippen LogP contribution in [0.5, 0.6) is 0 Å². The topological polar surface area (TPSA) is 67.2 Å². The van der Waals surface area contributed by atoms with Gasteiger partial charge in [-0.1, -0.05) is 74.6 Å². The van der Waals surface area contributed by atoms with E-state index in [1.807, 2.05) is 24.3 Å². The van der Waals surface area contributed by atoms with E-state index in [1.165, 1.54) is 37.7 Å². The molecule has 5 heteroatoms. The number of nitriles is 1. The van der Waals surface area contributed by atoms with Crippen molar-refractivity contribution in [2.45, 2.75) is 38.5 Å². The largest absolute Gasteiger partial charge is 0.754 e. The van der Waals surface area contributed by atoms with E-state index in [4.69, 9.17) is 5.26 Å². The van der Waals surface area contributed by atoms with Gasteiger partial charge in [-0.3, -0.25) is 4.21 Å². The number of hydrogen-bond acceptors (Lipinski definition) is 3. The maximum absolute atomic E-state index is 11.3. The van der Waals surface area contributed by atoms with E-state index >= 15 is 0 Å². The highest BCUT2D eigenvalue weighted by Crippen LogP contribution is 2.32. The predicted molar refractivity (Wildman–Crippen MR) is 99.2 cm³/mol. The van der Waals surface area contributed by atoms with Crippen molar-refractivity contribution < 1.29 is 8.76 Å². The highest BCUT2D eigenvalue weighted by molar-refractivity contribution is 7.80. The van der Waals surface area contributed by atoms with Crippen LogP contribution in [0.2, 0.25) is 0 Å². The molecule has 0 N–H and O–H groups in total. The number of para-hydroxylation sites is 1. The van der Waals surface area contributed by atoms with E-state index < -0.39 is 11.3 Å². The summed E-state index contributed by atoms with van der Waals surface area (Å²) in [5.74, 6) is 0.781. The zero-order valence-electron chi connectivity index (χ0n) is 14.1. The maximum Gasteiger partial charge on any atom is 0.196 e. The maximum atomic E-state index is 11.3. The van der Waals surface area contributed by atoms with Crippen molar-refractivity contribution in [3.63, 3.8) is 0 Å². The van der Waals surface area contributed by atoms with Gasteiger partial charge in [-0.15, -0.1) is 0 Å². The molecule has 3 rings (SSSR count). The summed E-state index contributed by atoms with van der Waals surface area (Å²) >= 11 is -2.63. The van der Waals surface area contributed by atoms with Crippen LogP contribution in [-0.4, -0.2) is 8.76 Å². The first-order valence-corrected chi connectivity index (χ1v) is 9.70. The average Bonchev–Trinajstić information content (AvgIpc) is 2.64. The first-order chi connectivity index (χ1) is 12.2. The third-order valence-corrected chi connectivity index (χ3v) is 5.45. The third kappa shape index (κ3) is 4.28. The second kappa shape index (κ2) is 8.28. The van der Waals surface area contributed by atoms with Crippen molar-refractivity contribution in [2.24, 2.45) is 5.92 Å². The number of benzene rings is 2. The lowest BCUT2D eigenvalue weighted by atomic mass is 9.84. The smallest absolute Gasteiger partial charge is 0.196 e. The third-order valence-electron chi connectivity index (χ3n) is 4.88. The molecule has 2 aromatic carbocycles. The minimum atomic E-state index is -2.63. The summed E-state index contributed by atoms with van der Waals surface area (Å²) in [5.41, 5.74) is 3.34. The SMILES string of the molecule is N#CN(c1ccccc1-c1ccc(CC2CCCCC2)cc1)S(=O)[O-]. The van der Waals surface area contributed by atoms with Crippen LogP contribution in [0.3, 0.4) is 0 Å². The number of nitrogens with zero attached hydrogens (tertiary/aromatic N) is 2. The molecule has 1 fully saturated rings. The lowest BCUT2D eigenvalue weighted by Crippen LogP contribution is -2.19. The molecule has 0 amide bonds. The fourth-order valence-corrected chi connectivity index (χ4v) is 3.99. The summed E-state index contributed by atoms with van der Waals surface area (Å²) in [7, 11) is 0. The van der Waals surface area contributed by atoms with Gasteiger partial charge in [0, 0.05) is 5.56 Å². The van der Waals surface area contributed by atoms with Crippen LogP contribution in [0.4, 0.5) is 5.69 Å². The molecule has 0 aromatic heterocycles. The van der Waals surface area contributed by atoms with Crippen LogP contribution in [-0.2, 0) is 17.7 Å². The van der Waals surface area contributed by atoms with Crippen molar-refractivity contribution in [3.8, 4) is 17.3 Å². The van der Waals surface area contributed by atoms with Gasteiger partial charge >= 0.3 is 0 Å². The van der Waals surface area contributed by atoms with Gasteiger partial charge in [0.05, 0.1) is 17.0 Å². The van der Waals surface area contributed by atoms with Gasteiger partial charge in [-0.2, -0.15) is 5.26 Å². The molecule has 1 saturated carbocycles. The van der Waals surface area contributed by atoms with Gasteiger partial charge < -0.3 is 4.55 Å². The normalized spacial score (nSPS) is 16.2. The van der Waals surface area contributed by atoms with E-state index in [0.29, 0.717) is 9.99 Å². The van der Waals surface area contributed by atoms with Crippen LogP contribution < -0.4 is 4.31 Å². The Kier molecular flexibility index (Phi) is 5.85. The van der Waals surface area contributed by atoms with Gasteiger partial charge in [-0.25, -0.2) is 4.31 Å². The van der Waals surface area contributed by atoms with E-state index in [-0.39, 0.29) is 0 Å². The van der Waals surface area contributed by atoms with Crippen molar-refractivity contribution in [1.82, 2.24) is 0 Å². The summed E-state index contributed by atoms with van der Waals surface area (Å²) in [4.78, 5) is 0. The Morgan fingerprint density at radius 1 is 1.08 bits per heavy atom. The van der Waals surface area contributed by atoms with Gasteiger partial charge in [-0.05, 0) is 29.5 Å². The molecule has 1 unspecified atom stereocenters. The quantitative estimate of drug-likeness (QED) is 0.449. The summed E-state index contributed by atoms with van der Waals surface area (Å²) in [6.07, 6.45) is 9.50. The molecule has 1 aliphatic carbocycles. The molecule has 0 radical (unpaired) electrons. The average molecular weight is 353 g/mol. The highest BCUT2D eigenvalue weighted by Gasteiger charge is 2.15. The Morgan fingerprint density at radius 2 is 1.76 bits per heavy atom. The van der Waals surface area contributed by atoms with Crippen LogP contribution in [0, 0.1) is 17.4 Å². The molecule has 0 bridgehead atoms. The van der Waals surface area contributed by atoms with Gasteiger partial charge in [0.25, 0.3) is 0 Å². The number of rotatable bonds is 5. The summed E-state index contributed by atoms with van der Waals surface area (Å²) < 4.78 is 23.3. The standard InChI is InChI=1S/C20H22N2O2S/c21-15-22(25(23)24)20-9-5-4-8-19(20)18-12-10-17(11-13-18)14-16-6-2-1-3-7-16/h4-5,8-13,16H,1-3,6-7,14H2,(H,23,24)/p-1. The Morgan fingerprint density at radius 3 is 2.40 bits per heavy atom. The first kappa shape index (κ1) is 17.7. The van der Waals surface area contributed by atoms with Crippen LogP contribution in [0.15, 0.2) is 48.5 Å². The molecule has 2 aromatic rings. The Labute approximate surface area is 151 Å². The molecule has 0 spiro atoms. The van der Waals surface area contributed by atoms with Gasteiger partial charge in [0.15, 0.2) is 6.19 Å². The second-order valence-electron chi connectivity index (χ2n) is 6.53. The molecule has 0 aliphatic heterocycles. The zero-order chi connectivity index (χ0) is 17.6. The molecule has 0 heterocycles. The fraction of sp³-hybridized carbons (Fsp3) is 0.350. The summed E-state index contributed by atoms with van der Waals surface area (Å²) in [6.45, 7) is 0. The Balaban J connectivity index is 1.83. The second-order valence-corrected chi connectivity index (χ2v) is 7.33. The Bertz CT molecular complexity index is 777. The van der Waals surface area contributed by atoms with Crippen LogP contribution in [0.25, 0.3) is 11.1 Å². The van der Waals surface area contributed by atoms with Gasteiger partial charge in [0.1, 0.15) is 0 Å². The van der Waals surface area contributed by atoms with Crippen molar-refractivity contribution in [2.75, 3.05) is 4.31 Å². The van der Waals surface area contributed by atoms with E-state index in [1.54, 1.807) is 18.3 Å². The molecule has 4 nitrogen and oxygen atoms in total. The molecule has 25 heavy (non-hydrogen) atoms. The monoisotopic (exact) mass is 353 g/mol. The van der Waals surface area contributed by atoms with Crippen LogP contribution in [0.1, 0.15) is 37.7 Å². The van der Waals surface area contributed by atoms with Gasteiger partial charge in [0.2, 0.25) is 0 Å². The summed E-state index contributed by atoms with van der Waals surface area (Å²) in [6, 6.07) is 15.3. The minimum absolute atomic E-state index is 0.373. The predicted octanol–water partition coefficient (Wildman–Crippen LogP) is 4.56. The number of hydrogen-bond donors (Lipinski definition) is 0. The molecular formula is C20H21N2O2S-. The highest BCUT2D eigenvalue weighted by atomic mass is 32.2. The minimum Gasteiger partial charge on any atom is -0.754 e. The summed E-state index contributed by atoms with van der Waals surface area (Å²) in [5, 5.41) is 9.13. The zero-order valence-corrected chi connectivity index (χ0v) is 14.9. The fourth-order valence-electron chi connectivity index (χ4n) is 3.61. The molecular weight excluding hydrogens is 332 g/mol. The lowest BCUT2D eigenvalue weighted by molar-refractivity contribution is 0.356. The van der Waals surface area contributed by atoms with Crippen molar-refractivity contribution in [3.05, 3.63) is 54.1 Å². The number of anilines is 1. The molecule has 1 aliphatic rings. The lowest BCUT2D eigenvalue weighted by Gasteiger charge is -2.22. The van der Waals surface area contributed by atoms with Crippen molar-refractivity contribution >= 4 is 17.0 Å². The first-order valence-electron chi connectivity index (χ1n) is 8.66. The molecule has 0 saturated heterocycles.